The molecular formula is C19H28FN3O. The monoisotopic (exact) mass is 333 g/mol. The highest BCUT2D eigenvalue weighted by Gasteiger charge is 2.37. The van der Waals surface area contributed by atoms with E-state index in [1.165, 1.54) is 12.5 Å². The zero-order valence-electron chi connectivity index (χ0n) is 14.7. The molecule has 0 radical (unpaired) electrons. The van der Waals surface area contributed by atoms with Gasteiger partial charge in [0.2, 0.25) is 0 Å². The Bertz CT molecular complexity index is 579. The lowest BCUT2D eigenvalue weighted by Crippen LogP contribution is -2.58. The predicted molar refractivity (Wildman–Crippen MR) is 93.4 cm³/mol. The number of benzene rings is 1. The third kappa shape index (κ3) is 3.89. The number of nitrogens with one attached hydrogen (secondary N) is 1. The Hall–Kier alpha value is -1.62. The topological polar surface area (TPSA) is 35.6 Å². The first-order valence-electron chi connectivity index (χ1n) is 9.03. The average Bonchev–Trinajstić information content (AvgIpc) is 2.56. The van der Waals surface area contributed by atoms with Crippen molar-refractivity contribution in [3.8, 4) is 0 Å². The van der Waals surface area contributed by atoms with Gasteiger partial charge >= 0.3 is 6.03 Å². The van der Waals surface area contributed by atoms with Gasteiger partial charge in [-0.15, -0.1) is 0 Å². The van der Waals surface area contributed by atoms with E-state index in [0.717, 1.165) is 32.5 Å². The number of rotatable bonds is 3. The minimum Gasteiger partial charge on any atom is -0.335 e. The Labute approximate surface area is 144 Å². The van der Waals surface area contributed by atoms with Gasteiger partial charge in [-0.2, -0.15) is 0 Å². The number of likely N-dealkylation sites (tertiary alicyclic amines) is 2. The molecular weight excluding hydrogens is 305 g/mol. The Morgan fingerprint density at radius 2 is 2.12 bits per heavy atom. The maximum Gasteiger partial charge on any atom is 0.317 e. The van der Waals surface area contributed by atoms with Crippen LogP contribution in [0.5, 0.6) is 0 Å². The van der Waals surface area contributed by atoms with Crippen LogP contribution in [0.15, 0.2) is 24.3 Å². The first-order chi connectivity index (χ1) is 11.5. The summed E-state index contributed by atoms with van der Waals surface area (Å²) in [5.74, 6) is 0.386. The van der Waals surface area contributed by atoms with E-state index in [1.807, 2.05) is 17.9 Å². The van der Waals surface area contributed by atoms with Crippen LogP contribution in [-0.4, -0.2) is 54.6 Å². The van der Waals surface area contributed by atoms with Crippen molar-refractivity contribution in [2.75, 3.05) is 26.7 Å². The number of urea groups is 1. The van der Waals surface area contributed by atoms with Crippen molar-refractivity contribution in [3.63, 3.8) is 0 Å². The first kappa shape index (κ1) is 17.2. The molecule has 24 heavy (non-hydrogen) atoms. The van der Waals surface area contributed by atoms with Gasteiger partial charge in [0.05, 0.1) is 0 Å². The third-order valence-corrected chi connectivity index (χ3v) is 5.39. The Balaban J connectivity index is 1.58. The summed E-state index contributed by atoms with van der Waals surface area (Å²) in [6.07, 6.45) is 3.85. The van der Waals surface area contributed by atoms with Gasteiger partial charge in [0.25, 0.3) is 0 Å². The zero-order chi connectivity index (χ0) is 17.1. The number of hydrogen-bond acceptors (Lipinski definition) is 2. The van der Waals surface area contributed by atoms with Crippen LogP contribution in [0.4, 0.5) is 9.18 Å². The normalized spacial score (nSPS) is 25.9. The van der Waals surface area contributed by atoms with Gasteiger partial charge in [-0.3, -0.25) is 0 Å². The highest BCUT2D eigenvalue weighted by molar-refractivity contribution is 5.75. The number of fused-ring (bicyclic) bond motifs is 1. The van der Waals surface area contributed by atoms with E-state index >= 15 is 0 Å². The molecule has 2 saturated heterocycles. The van der Waals surface area contributed by atoms with Crippen molar-refractivity contribution in [3.05, 3.63) is 35.6 Å². The van der Waals surface area contributed by atoms with Crippen molar-refractivity contribution in [2.24, 2.45) is 5.92 Å². The Morgan fingerprint density at radius 3 is 2.92 bits per heavy atom. The van der Waals surface area contributed by atoms with Crippen molar-refractivity contribution >= 4 is 6.03 Å². The fraction of sp³-hybridized carbons (Fsp3) is 0.632. The lowest BCUT2D eigenvalue weighted by Gasteiger charge is -2.46. The molecule has 3 atom stereocenters. The zero-order valence-corrected chi connectivity index (χ0v) is 14.7. The Morgan fingerprint density at radius 1 is 1.33 bits per heavy atom. The molecule has 1 N–H and O–H groups in total. The van der Waals surface area contributed by atoms with Crippen LogP contribution in [0.25, 0.3) is 0 Å². The van der Waals surface area contributed by atoms with Crippen LogP contribution < -0.4 is 5.32 Å². The van der Waals surface area contributed by atoms with Gasteiger partial charge in [-0.25, -0.2) is 9.18 Å². The van der Waals surface area contributed by atoms with E-state index in [-0.39, 0.29) is 17.9 Å². The molecule has 2 heterocycles. The molecule has 2 fully saturated rings. The summed E-state index contributed by atoms with van der Waals surface area (Å²) in [6, 6.07) is 7.06. The van der Waals surface area contributed by atoms with Crippen LogP contribution in [0.3, 0.4) is 0 Å². The van der Waals surface area contributed by atoms with E-state index in [0.29, 0.717) is 23.9 Å². The molecule has 0 spiro atoms. The van der Waals surface area contributed by atoms with Crippen LogP contribution >= 0.6 is 0 Å². The molecule has 0 saturated carbocycles. The second kappa shape index (κ2) is 7.51. The smallest absolute Gasteiger partial charge is 0.317 e. The average molecular weight is 333 g/mol. The number of nitrogens with zero attached hydrogens (tertiary/aromatic N) is 2. The second-order valence-corrected chi connectivity index (χ2v) is 7.36. The van der Waals surface area contributed by atoms with Crippen molar-refractivity contribution in [1.29, 1.82) is 0 Å². The highest BCUT2D eigenvalue weighted by Crippen LogP contribution is 2.30. The SMILES string of the molecule is C[C@H](Cc1ccccc1F)NC(=O)N1CCC[C@H]2CN(C)CC[C@H]21. The lowest BCUT2D eigenvalue weighted by atomic mass is 9.84. The largest absolute Gasteiger partial charge is 0.335 e. The maximum absolute atomic E-state index is 13.8. The lowest BCUT2D eigenvalue weighted by molar-refractivity contribution is 0.0526. The summed E-state index contributed by atoms with van der Waals surface area (Å²) >= 11 is 0. The van der Waals surface area contributed by atoms with Crippen molar-refractivity contribution in [2.45, 2.75) is 44.7 Å². The molecule has 1 aromatic carbocycles. The van der Waals surface area contributed by atoms with E-state index in [9.17, 15) is 9.18 Å². The van der Waals surface area contributed by atoms with E-state index < -0.39 is 0 Å². The number of carbonyl (C=O) groups excluding carboxylic acids is 1. The van der Waals surface area contributed by atoms with Gasteiger partial charge in [0.15, 0.2) is 0 Å². The molecule has 0 aliphatic carbocycles. The second-order valence-electron chi connectivity index (χ2n) is 7.36. The summed E-state index contributed by atoms with van der Waals surface area (Å²) in [6.45, 7) is 4.92. The van der Waals surface area contributed by atoms with E-state index in [2.05, 4.69) is 17.3 Å². The fourth-order valence-corrected chi connectivity index (χ4v) is 4.18. The van der Waals surface area contributed by atoms with E-state index in [4.69, 9.17) is 0 Å². The molecule has 0 aromatic heterocycles. The minimum absolute atomic E-state index is 0.0121. The molecule has 1 aromatic rings. The molecule has 132 valence electrons. The van der Waals surface area contributed by atoms with Gasteiger partial charge < -0.3 is 15.1 Å². The standard InChI is InChI=1S/C19H28FN3O/c1-14(12-15-6-3-4-8-17(15)20)21-19(24)23-10-5-7-16-13-22(2)11-9-18(16)23/h3-4,6,8,14,16,18H,5,7,9-13H2,1-2H3,(H,21,24)/t14-,16+,18-/m1/s1. The van der Waals surface area contributed by atoms with Crippen LogP contribution in [0.1, 0.15) is 31.7 Å². The number of hydrogen-bond donors (Lipinski definition) is 1. The molecule has 2 aliphatic heterocycles. The molecule has 4 nitrogen and oxygen atoms in total. The minimum atomic E-state index is -0.202. The van der Waals surface area contributed by atoms with Gasteiger partial charge in [-0.1, -0.05) is 18.2 Å². The van der Waals surface area contributed by atoms with Gasteiger partial charge in [0.1, 0.15) is 5.82 Å². The maximum atomic E-state index is 13.8. The van der Waals surface area contributed by atoms with Gasteiger partial charge in [-0.05, 0) is 63.7 Å². The molecule has 0 bridgehead atoms. The Kier molecular flexibility index (Phi) is 5.39. The first-order valence-corrected chi connectivity index (χ1v) is 9.03. The highest BCUT2D eigenvalue weighted by atomic mass is 19.1. The van der Waals surface area contributed by atoms with Gasteiger partial charge in [0, 0.05) is 25.2 Å². The molecule has 2 aliphatic rings. The third-order valence-electron chi connectivity index (χ3n) is 5.39. The number of halogens is 1. The summed E-state index contributed by atoms with van der Waals surface area (Å²) in [5.41, 5.74) is 0.654. The van der Waals surface area contributed by atoms with Crippen molar-refractivity contribution < 1.29 is 9.18 Å². The van der Waals surface area contributed by atoms with Crippen LogP contribution in [-0.2, 0) is 6.42 Å². The van der Waals surface area contributed by atoms with Crippen molar-refractivity contribution in [1.82, 2.24) is 15.1 Å². The molecule has 2 amide bonds. The quantitative estimate of drug-likeness (QED) is 0.923. The summed E-state index contributed by atoms with van der Waals surface area (Å²) < 4.78 is 13.8. The number of piperidine rings is 2. The summed E-state index contributed by atoms with van der Waals surface area (Å²) in [4.78, 5) is 17.1. The van der Waals surface area contributed by atoms with Crippen LogP contribution in [0, 0.1) is 11.7 Å². The fourth-order valence-electron chi connectivity index (χ4n) is 4.18. The number of amides is 2. The molecule has 0 unspecified atom stereocenters. The number of carbonyl (C=O) groups is 1. The molecule has 5 heteroatoms. The van der Waals surface area contributed by atoms with Crippen LogP contribution in [0.2, 0.25) is 0 Å². The van der Waals surface area contributed by atoms with E-state index in [1.54, 1.807) is 12.1 Å². The predicted octanol–water partition coefficient (Wildman–Crippen LogP) is 2.88. The molecule has 3 rings (SSSR count). The summed E-state index contributed by atoms with van der Waals surface area (Å²) in [5, 5.41) is 3.08. The summed E-state index contributed by atoms with van der Waals surface area (Å²) in [7, 11) is 2.16.